The molecule has 0 radical (unpaired) electrons. The maximum atomic E-state index is 13.8. The molecule has 1 aliphatic heterocycles. The summed E-state index contributed by atoms with van der Waals surface area (Å²) in [5.41, 5.74) is 3.19. The van der Waals surface area contributed by atoms with Crippen LogP contribution in [-0.4, -0.2) is 21.4 Å². The molecule has 2 heterocycles. The van der Waals surface area contributed by atoms with E-state index >= 15 is 0 Å². The van der Waals surface area contributed by atoms with Gasteiger partial charge in [-0.05, 0) is 29.8 Å². The van der Waals surface area contributed by atoms with E-state index in [4.69, 9.17) is 11.6 Å². The highest BCUT2D eigenvalue weighted by molar-refractivity contribution is 6.30. The van der Waals surface area contributed by atoms with Gasteiger partial charge >= 0.3 is 0 Å². The number of hydrogen-bond donors (Lipinski definition) is 1. The number of para-hydroxylation sites is 1. The van der Waals surface area contributed by atoms with Gasteiger partial charge in [-0.2, -0.15) is 0 Å². The first-order valence-electron chi connectivity index (χ1n) is 8.61. The molecule has 1 aromatic heterocycles. The maximum absolute atomic E-state index is 13.8. The summed E-state index contributed by atoms with van der Waals surface area (Å²) in [6.07, 6.45) is 2.51. The van der Waals surface area contributed by atoms with E-state index in [2.05, 4.69) is 20.2 Å². The Bertz CT molecular complexity index is 980. The third kappa shape index (κ3) is 4.07. The molecule has 0 atom stereocenters. The van der Waals surface area contributed by atoms with Gasteiger partial charge in [-0.3, -0.25) is 4.90 Å². The van der Waals surface area contributed by atoms with Crippen molar-refractivity contribution >= 4 is 23.2 Å². The standard InChI is InChI=1S/C20H17ClF2N4/c21-15-6-5-13(9-17(15)23)11-27-8-7-18-14(12-27)10-24-20(25-18)26-19-4-2-1-3-16(19)22/h1-6,9-10H,7-8,11-12H2,(H,24,25,26). The Morgan fingerprint density at radius 2 is 1.96 bits per heavy atom. The van der Waals surface area contributed by atoms with Crippen LogP contribution in [0.2, 0.25) is 5.02 Å². The molecule has 4 nitrogen and oxygen atoms in total. The molecule has 4 rings (SSSR count). The second-order valence-electron chi connectivity index (χ2n) is 6.48. The zero-order valence-corrected chi connectivity index (χ0v) is 15.2. The minimum atomic E-state index is -0.404. The zero-order chi connectivity index (χ0) is 18.8. The van der Waals surface area contributed by atoms with Gasteiger partial charge in [-0.1, -0.05) is 29.8 Å². The lowest BCUT2D eigenvalue weighted by molar-refractivity contribution is 0.242. The van der Waals surface area contributed by atoms with Crippen molar-refractivity contribution in [1.82, 2.24) is 14.9 Å². The Balaban J connectivity index is 1.46. The Morgan fingerprint density at radius 3 is 2.78 bits per heavy atom. The molecule has 0 bridgehead atoms. The number of nitrogens with zero attached hydrogens (tertiary/aromatic N) is 3. The summed E-state index contributed by atoms with van der Waals surface area (Å²) in [4.78, 5) is 11.0. The first kappa shape index (κ1) is 17.8. The molecule has 138 valence electrons. The number of anilines is 2. The molecule has 0 spiro atoms. The number of fused-ring (bicyclic) bond motifs is 1. The minimum Gasteiger partial charge on any atom is -0.322 e. The second-order valence-corrected chi connectivity index (χ2v) is 6.89. The van der Waals surface area contributed by atoms with E-state index in [-0.39, 0.29) is 10.8 Å². The van der Waals surface area contributed by atoms with Crippen molar-refractivity contribution in [2.24, 2.45) is 0 Å². The predicted molar refractivity (Wildman–Crippen MR) is 101 cm³/mol. The van der Waals surface area contributed by atoms with E-state index in [1.165, 1.54) is 12.1 Å². The van der Waals surface area contributed by atoms with Gasteiger partial charge in [-0.15, -0.1) is 0 Å². The van der Waals surface area contributed by atoms with Crippen LogP contribution in [0.15, 0.2) is 48.7 Å². The summed E-state index contributed by atoms with van der Waals surface area (Å²) < 4.78 is 27.4. The quantitative estimate of drug-likeness (QED) is 0.705. The smallest absolute Gasteiger partial charge is 0.227 e. The maximum Gasteiger partial charge on any atom is 0.227 e. The molecule has 1 aliphatic rings. The van der Waals surface area contributed by atoms with Crippen LogP contribution in [0.1, 0.15) is 16.8 Å². The van der Waals surface area contributed by atoms with Crippen molar-refractivity contribution < 1.29 is 8.78 Å². The summed E-state index contributed by atoms with van der Waals surface area (Å²) in [5.74, 6) is -0.369. The van der Waals surface area contributed by atoms with E-state index in [0.717, 1.165) is 29.8 Å². The van der Waals surface area contributed by atoms with Crippen LogP contribution >= 0.6 is 11.6 Å². The number of aromatic nitrogens is 2. The Morgan fingerprint density at radius 1 is 1.11 bits per heavy atom. The van der Waals surface area contributed by atoms with Crippen LogP contribution < -0.4 is 5.32 Å². The SMILES string of the molecule is Fc1cc(CN2CCc3nc(Nc4ccccc4F)ncc3C2)ccc1Cl. The molecule has 0 saturated carbocycles. The molecule has 0 saturated heterocycles. The van der Waals surface area contributed by atoms with Crippen molar-refractivity contribution in [3.05, 3.63) is 82.1 Å². The molecule has 2 aromatic carbocycles. The predicted octanol–water partition coefficient (Wildman–Crippen LogP) is 4.71. The van der Waals surface area contributed by atoms with E-state index in [1.54, 1.807) is 30.5 Å². The summed E-state index contributed by atoms with van der Waals surface area (Å²) >= 11 is 5.74. The fourth-order valence-electron chi connectivity index (χ4n) is 3.15. The highest BCUT2D eigenvalue weighted by Gasteiger charge is 2.19. The van der Waals surface area contributed by atoms with Crippen LogP contribution in [0, 0.1) is 11.6 Å². The highest BCUT2D eigenvalue weighted by Crippen LogP contribution is 2.23. The molecule has 1 N–H and O–H groups in total. The number of benzene rings is 2. The van der Waals surface area contributed by atoms with Gasteiger partial charge in [0.05, 0.1) is 16.4 Å². The average Bonchev–Trinajstić information content (AvgIpc) is 2.67. The number of nitrogens with one attached hydrogen (secondary N) is 1. The summed E-state index contributed by atoms with van der Waals surface area (Å²) in [6, 6.07) is 11.3. The van der Waals surface area contributed by atoms with E-state index in [9.17, 15) is 8.78 Å². The van der Waals surface area contributed by atoms with Gasteiger partial charge in [0, 0.05) is 37.8 Å². The highest BCUT2D eigenvalue weighted by atomic mass is 35.5. The van der Waals surface area contributed by atoms with Crippen LogP contribution in [0.25, 0.3) is 0 Å². The summed E-state index contributed by atoms with van der Waals surface area (Å²) in [7, 11) is 0. The van der Waals surface area contributed by atoms with Crippen molar-refractivity contribution in [2.75, 3.05) is 11.9 Å². The molecule has 3 aromatic rings. The van der Waals surface area contributed by atoms with Crippen molar-refractivity contribution in [2.45, 2.75) is 19.5 Å². The Kier molecular flexibility index (Phi) is 5.01. The van der Waals surface area contributed by atoms with Crippen LogP contribution in [0.5, 0.6) is 0 Å². The molecule has 0 amide bonds. The Labute approximate surface area is 160 Å². The monoisotopic (exact) mass is 386 g/mol. The first-order valence-corrected chi connectivity index (χ1v) is 8.99. The molecular formula is C20H17ClF2N4. The minimum absolute atomic E-state index is 0.131. The number of halogens is 3. The third-order valence-electron chi connectivity index (χ3n) is 4.52. The number of rotatable bonds is 4. The lowest BCUT2D eigenvalue weighted by Crippen LogP contribution is -2.31. The first-order chi connectivity index (χ1) is 13.1. The lowest BCUT2D eigenvalue weighted by atomic mass is 10.1. The lowest BCUT2D eigenvalue weighted by Gasteiger charge is -2.28. The second kappa shape index (κ2) is 7.58. The van der Waals surface area contributed by atoms with E-state index < -0.39 is 5.82 Å². The molecule has 27 heavy (non-hydrogen) atoms. The van der Waals surface area contributed by atoms with Gasteiger partial charge < -0.3 is 5.32 Å². The molecular weight excluding hydrogens is 370 g/mol. The molecule has 7 heteroatoms. The van der Waals surface area contributed by atoms with Crippen molar-refractivity contribution in [3.63, 3.8) is 0 Å². The normalized spacial score (nSPS) is 14.0. The Hall–Kier alpha value is -2.57. The molecule has 0 aliphatic carbocycles. The number of hydrogen-bond acceptors (Lipinski definition) is 4. The van der Waals surface area contributed by atoms with Crippen molar-refractivity contribution in [3.8, 4) is 0 Å². The zero-order valence-electron chi connectivity index (χ0n) is 14.4. The van der Waals surface area contributed by atoms with Gasteiger partial charge in [0.25, 0.3) is 0 Å². The van der Waals surface area contributed by atoms with Gasteiger partial charge in [0.2, 0.25) is 5.95 Å². The topological polar surface area (TPSA) is 41.1 Å². The van der Waals surface area contributed by atoms with E-state index in [0.29, 0.717) is 24.7 Å². The molecule has 0 fully saturated rings. The van der Waals surface area contributed by atoms with Gasteiger partial charge in [0.1, 0.15) is 11.6 Å². The van der Waals surface area contributed by atoms with E-state index in [1.807, 2.05) is 6.07 Å². The molecule has 0 unspecified atom stereocenters. The van der Waals surface area contributed by atoms with Crippen molar-refractivity contribution in [1.29, 1.82) is 0 Å². The third-order valence-corrected chi connectivity index (χ3v) is 4.83. The summed E-state index contributed by atoms with van der Waals surface area (Å²) in [5, 5.41) is 3.05. The summed E-state index contributed by atoms with van der Waals surface area (Å²) in [6.45, 7) is 2.11. The van der Waals surface area contributed by atoms with Gasteiger partial charge in [-0.25, -0.2) is 18.7 Å². The fraction of sp³-hybridized carbons (Fsp3) is 0.200. The largest absolute Gasteiger partial charge is 0.322 e. The van der Waals surface area contributed by atoms with Crippen LogP contribution in [0.3, 0.4) is 0 Å². The fourth-order valence-corrected chi connectivity index (χ4v) is 3.27. The van der Waals surface area contributed by atoms with Crippen LogP contribution in [0.4, 0.5) is 20.4 Å². The van der Waals surface area contributed by atoms with Gasteiger partial charge in [0.15, 0.2) is 0 Å². The average molecular weight is 387 g/mol. The van der Waals surface area contributed by atoms with Crippen LogP contribution in [-0.2, 0) is 19.5 Å².